The predicted molar refractivity (Wildman–Crippen MR) is 162 cm³/mol. The number of aromatic nitrogens is 2. The summed E-state index contributed by atoms with van der Waals surface area (Å²) in [6.07, 6.45) is 4.61. The van der Waals surface area contributed by atoms with Crippen LogP contribution in [0.15, 0.2) is 34.5 Å². The third-order valence-electron chi connectivity index (χ3n) is 7.93. The number of nitrogens with one attached hydrogen (secondary N) is 2. The fourth-order valence-electron chi connectivity index (χ4n) is 4.20. The van der Waals surface area contributed by atoms with Gasteiger partial charge in [-0.05, 0) is 61.8 Å². The molecule has 2 amide bonds. The first-order chi connectivity index (χ1) is 19.6. The molecule has 2 aliphatic heterocycles. The fourth-order valence-corrected chi connectivity index (χ4v) is 4.20. The van der Waals surface area contributed by atoms with Crippen molar-refractivity contribution in [2.75, 3.05) is 0 Å². The van der Waals surface area contributed by atoms with Gasteiger partial charge in [-0.3, -0.25) is 19.6 Å². The van der Waals surface area contributed by atoms with Crippen LogP contribution in [0.2, 0.25) is 0 Å². The van der Waals surface area contributed by atoms with Gasteiger partial charge in [0.2, 0.25) is 0 Å². The van der Waals surface area contributed by atoms with E-state index in [1.54, 1.807) is 38.4 Å². The van der Waals surface area contributed by atoms with Gasteiger partial charge in [-0.25, -0.2) is 19.6 Å². The first-order valence-corrected chi connectivity index (χ1v) is 13.9. The second-order valence-corrected chi connectivity index (χ2v) is 11.2. The van der Waals surface area contributed by atoms with Crippen LogP contribution in [0.5, 0.6) is 0 Å². The first-order valence-electron chi connectivity index (χ1n) is 13.9. The Morgan fingerprint density at radius 3 is 1.30 bits per heavy atom. The summed E-state index contributed by atoms with van der Waals surface area (Å²) in [6, 6.07) is 3.15. The van der Waals surface area contributed by atoms with E-state index in [1.165, 1.54) is 0 Å². The lowest BCUT2D eigenvalue weighted by atomic mass is 9.89. The van der Waals surface area contributed by atoms with Gasteiger partial charge in [0, 0.05) is 12.4 Å². The zero-order valence-corrected chi connectivity index (χ0v) is 25.9. The topological polar surface area (TPSA) is 218 Å². The molecule has 2 unspecified atom stereocenters. The van der Waals surface area contributed by atoms with E-state index in [1.807, 2.05) is 41.5 Å². The molecule has 4 heterocycles. The van der Waals surface area contributed by atoms with Crippen LogP contribution in [-0.2, 0) is 22.4 Å². The first kappa shape index (κ1) is 34.7. The van der Waals surface area contributed by atoms with Crippen molar-refractivity contribution in [1.82, 2.24) is 26.8 Å². The van der Waals surface area contributed by atoms with Crippen molar-refractivity contribution in [2.45, 2.75) is 79.3 Å². The third-order valence-corrected chi connectivity index (χ3v) is 7.93. The standard InChI is InChI=1S/2C15H19N3O3.H3N/c2*1-5-9-6-10(13(19)20)11(16-7-9)12-17-14(21)15(4,18-12)8(2)3;/h2*6-8H,5H2,1-4H3,(H,19,20)(H,17,18,21);1H3. The molecule has 0 aliphatic carbocycles. The summed E-state index contributed by atoms with van der Waals surface area (Å²) in [7, 11) is 0. The summed E-state index contributed by atoms with van der Waals surface area (Å²) in [4.78, 5) is 64.3. The van der Waals surface area contributed by atoms with Crippen molar-refractivity contribution in [2.24, 2.45) is 21.8 Å². The maximum absolute atomic E-state index is 12.1. The molecular formula is C30H41N7O6. The maximum atomic E-state index is 12.1. The lowest BCUT2D eigenvalue weighted by molar-refractivity contribution is -0.125. The molecule has 7 N–H and O–H groups in total. The van der Waals surface area contributed by atoms with E-state index in [0.717, 1.165) is 11.1 Å². The summed E-state index contributed by atoms with van der Waals surface area (Å²) in [5, 5.41) is 24.0. The van der Waals surface area contributed by atoms with E-state index >= 15 is 0 Å². The molecule has 2 aromatic heterocycles. The Labute approximate surface area is 250 Å². The summed E-state index contributed by atoms with van der Waals surface area (Å²) < 4.78 is 0. The monoisotopic (exact) mass is 595 g/mol. The highest BCUT2D eigenvalue weighted by atomic mass is 16.4. The molecule has 2 atom stereocenters. The molecule has 0 spiro atoms. The number of aliphatic imine (C=N–C) groups is 2. The predicted octanol–water partition coefficient (Wildman–Crippen LogP) is 3.43. The Hall–Kier alpha value is -4.52. The average Bonchev–Trinajstić information content (AvgIpc) is 3.44. The molecule has 0 radical (unpaired) electrons. The highest BCUT2D eigenvalue weighted by Crippen LogP contribution is 2.28. The van der Waals surface area contributed by atoms with Gasteiger partial charge in [0.1, 0.15) is 22.5 Å². The Balaban J connectivity index is 0.000000293. The second kappa shape index (κ2) is 13.2. The van der Waals surface area contributed by atoms with Crippen molar-refractivity contribution in [3.8, 4) is 0 Å². The molecule has 4 rings (SSSR count). The minimum atomic E-state index is -1.08. The normalized spacial score (nSPS) is 20.9. The van der Waals surface area contributed by atoms with E-state index in [9.17, 15) is 29.4 Å². The summed E-state index contributed by atoms with van der Waals surface area (Å²) in [5.74, 6) is -2.16. The molecule has 0 saturated carbocycles. The van der Waals surface area contributed by atoms with Gasteiger partial charge in [0.05, 0.1) is 11.1 Å². The van der Waals surface area contributed by atoms with Crippen LogP contribution in [-0.4, -0.2) is 66.7 Å². The minimum absolute atomic E-state index is 0. The molecule has 13 heteroatoms. The summed E-state index contributed by atoms with van der Waals surface area (Å²) >= 11 is 0. The molecule has 232 valence electrons. The van der Waals surface area contributed by atoms with E-state index in [-0.39, 0.29) is 64.0 Å². The molecule has 0 fully saturated rings. The van der Waals surface area contributed by atoms with Crippen molar-refractivity contribution >= 4 is 35.4 Å². The van der Waals surface area contributed by atoms with Crippen LogP contribution in [0.25, 0.3) is 0 Å². The Morgan fingerprint density at radius 2 is 1.07 bits per heavy atom. The number of carbonyl (C=O) groups is 4. The maximum Gasteiger partial charge on any atom is 0.338 e. The Kier molecular flexibility index (Phi) is 10.6. The van der Waals surface area contributed by atoms with Crippen molar-refractivity contribution < 1.29 is 29.4 Å². The lowest BCUT2D eigenvalue weighted by Gasteiger charge is -2.21. The number of carboxylic acid groups (broad SMARTS) is 2. The van der Waals surface area contributed by atoms with Gasteiger partial charge in [0.15, 0.2) is 11.7 Å². The van der Waals surface area contributed by atoms with Crippen molar-refractivity contribution in [3.05, 3.63) is 58.2 Å². The largest absolute Gasteiger partial charge is 0.478 e. The van der Waals surface area contributed by atoms with Crippen LogP contribution < -0.4 is 16.8 Å². The van der Waals surface area contributed by atoms with Gasteiger partial charge in [-0.2, -0.15) is 0 Å². The number of nitrogens with zero attached hydrogens (tertiary/aromatic N) is 4. The smallest absolute Gasteiger partial charge is 0.338 e. The molecule has 2 aliphatic rings. The van der Waals surface area contributed by atoms with Crippen LogP contribution in [0.3, 0.4) is 0 Å². The summed E-state index contributed by atoms with van der Waals surface area (Å²) in [5.41, 5.74) is 0.393. The summed E-state index contributed by atoms with van der Waals surface area (Å²) in [6.45, 7) is 14.9. The Bertz CT molecular complexity index is 1390. The van der Waals surface area contributed by atoms with Gasteiger partial charge in [-0.15, -0.1) is 0 Å². The molecule has 13 nitrogen and oxygen atoms in total. The quantitative estimate of drug-likeness (QED) is 0.301. The van der Waals surface area contributed by atoms with Crippen LogP contribution in [0.1, 0.15) is 98.6 Å². The number of rotatable bonds is 8. The highest BCUT2D eigenvalue weighted by molar-refractivity contribution is 6.18. The number of pyridine rings is 2. The Morgan fingerprint density at radius 1 is 0.744 bits per heavy atom. The van der Waals surface area contributed by atoms with E-state index in [4.69, 9.17) is 0 Å². The number of aryl methyl sites for hydroxylation is 2. The zero-order chi connectivity index (χ0) is 31.6. The fraction of sp³-hybridized carbons (Fsp3) is 0.467. The van der Waals surface area contributed by atoms with Crippen molar-refractivity contribution in [3.63, 3.8) is 0 Å². The van der Waals surface area contributed by atoms with E-state index in [2.05, 4.69) is 30.6 Å². The molecular weight excluding hydrogens is 554 g/mol. The van der Waals surface area contributed by atoms with Crippen LogP contribution in [0.4, 0.5) is 0 Å². The number of carbonyl (C=O) groups excluding carboxylic acids is 2. The number of amidine groups is 2. The number of hydrogen-bond donors (Lipinski definition) is 5. The second-order valence-electron chi connectivity index (χ2n) is 11.2. The zero-order valence-electron chi connectivity index (χ0n) is 25.9. The third kappa shape index (κ3) is 6.77. The van der Waals surface area contributed by atoms with Crippen LogP contribution >= 0.6 is 0 Å². The average molecular weight is 596 g/mol. The molecule has 0 aromatic carbocycles. The number of aromatic carboxylic acids is 2. The number of carboxylic acids is 2. The SMILES string of the molecule is CCc1cnc(C2=NC(C)(C(C)C)C(=O)N2)c(C(=O)O)c1.CCc1cnc(C2=NC(C)(C(C)C)C(=O)N2)c(C(=O)O)c1.N. The van der Waals surface area contributed by atoms with Crippen LogP contribution in [0, 0.1) is 11.8 Å². The number of hydrogen-bond acceptors (Lipinski definition) is 9. The van der Waals surface area contributed by atoms with Crippen molar-refractivity contribution in [1.29, 1.82) is 0 Å². The van der Waals surface area contributed by atoms with Gasteiger partial charge in [0.25, 0.3) is 11.8 Å². The van der Waals surface area contributed by atoms with Gasteiger partial charge < -0.3 is 27.0 Å². The minimum Gasteiger partial charge on any atom is -0.478 e. The molecule has 0 saturated heterocycles. The molecule has 2 aromatic rings. The number of amides is 2. The van der Waals surface area contributed by atoms with Gasteiger partial charge >= 0.3 is 11.9 Å². The van der Waals surface area contributed by atoms with E-state index < -0.39 is 23.0 Å². The molecule has 0 bridgehead atoms. The molecule has 43 heavy (non-hydrogen) atoms. The van der Waals surface area contributed by atoms with Gasteiger partial charge in [-0.1, -0.05) is 41.5 Å². The lowest BCUT2D eigenvalue weighted by Crippen LogP contribution is -2.41. The van der Waals surface area contributed by atoms with E-state index in [0.29, 0.717) is 12.8 Å². The highest BCUT2D eigenvalue weighted by Gasteiger charge is 2.44.